The number of carbonyl (C=O) groups is 1. The largest absolute Gasteiger partial charge is 0.326 e. The van der Waals surface area contributed by atoms with E-state index in [1.165, 1.54) is 10.6 Å². The molecule has 0 spiro atoms. The third kappa shape index (κ3) is 6.46. The molecule has 1 rings (SSSR count). The zero-order valence-electron chi connectivity index (χ0n) is 13.4. The molecule has 1 amide bonds. The first-order chi connectivity index (χ1) is 10.1. The fourth-order valence-corrected chi connectivity index (χ4v) is 3.21. The van der Waals surface area contributed by atoms with Gasteiger partial charge in [0.2, 0.25) is 15.9 Å². The van der Waals surface area contributed by atoms with Gasteiger partial charge in [-0.3, -0.25) is 4.79 Å². The van der Waals surface area contributed by atoms with Crippen LogP contribution in [0.4, 0.5) is 5.69 Å². The molecule has 0 radical (unpaired) electrons. The summed E-state index contributed by atoms with van der Waals surface area (Å²) < 4.78 is 25.7. The molecule has 0 aliphatic heterocycles. The third-order valence-electron chi connectivity index (χ3n) is 3.07. The van der Waals surface area contributed by atoms with Crippen molar-refractivity contribution in [1.29, 1.82) is 0 Å². The standard InChI is InChI=1S/C15H23BrN2O3S/c1-11(2)10-18(22(4,20)21)8-7-15(19)17-13-5-6-14(16)12(3)9-13/h5-6,9,11H,7-8,10H2,1-4H3,(H,17,19). The second-order valence-electron chi connectivity index (χ2n) is 5.78. The molecule has 0 saturated heterocycles. The molecule has 0 saturated carbocycles. The monoisotopic (exact) mass is 390 g/mol. The molecular formula is C15H23BrN2O3S. The Labute approximate surface area is 141 Å². The Hall–Kier alpha value is -0.920. The highest BCUT2D eigenvalue weighted by Crippen LogP contribution is 2.20. The van der Waals surface area contributed by atoms with Crippen LogP contribution in [0, 0.1) is 12.8 Å². The number of halogens is 1. The van der Waals surface area contributed by atoms with Crippen molar-refractivity contribution in [1.82, 2.24) is 4.31 Å². The summed E-state index contributed by atoms with van der Waals surface area (Å²) >= 11 is 3.40. The second-order valence-corrected chi connectivity index (χ2v) is 8.61. The van der Waals surface area contributed by atoms with Gasteiger partial charge < -0.3 is 5.32 Å². The fraction of sp³-hybridized carbons (Fsp3) is 0.533. The summed E-state index contributed by atoms with van der Waals surface area (Å²) in [5, 5.41) is 2.79. The molecule has 0 atom stereocenters. The van der Waals surface area contributed by atoms with Crippen molar-refractivity contribution in [3.05, 3.63) is 28.2 Å². The van der Waals surface area contributed by atoms with E-state index < -0.39 is 10.0 Å². The fourth-order valence-electron chi connectivity index (χ4n) is 1.97. The molecule has 124 valence electrons. The number of nitrogens with one attached hydrogen (secondary N) is 1. The van der Waals surface area contributed by atoms with Crippen LogP contribution in [0.3, 0.4) is 0 Å². The Morgan fingerprint density at radius 2 is 2.00 bits per heavy atom. The van der Waals surface area contributed by atoms with Crippen LogP contribution in [0.1, 0.15) is 25.8 Å². The number of sulfonamides is 1. The lowest BCUT2D eigenvalue weighted by Crippen LogP contribution is -2.35. The maximum atomic E-state index is 12.0. The molecule has 5 nitrogen and oxygen atoms in total. The lowest BCUT2D eigenvalue weighted by molar-refractivity contribution is -0.116. The third-order valence-corrected chi connectivity index (χ3v) is 5.23. The molecule has 0 aliphatic rings. The number of aryl methyl sites for hydroxylation is 1. The van der Waals surface area contributed by atoms with Crippen LogP contribution in [-0.4, -0.2) is 38.0 Å². The van der Waals surface area contributed by atoms with E-state index in [-0.39, 0.29) is 24.8 Å². The van der Waals surface area contributed by atoms with E-state index in [0.29, 0.717) is 12.2 Å². The zero-order valence-corrected chi connectivity index (χ0v) is 15.8. The van der Waals surface area contributed by atoms with E-state index in [1.807, 2.05) is 32.9 Å². The zero-order chi connectivity index (χ0) is 16.9. The molecule has 7 heteroatoms. The molecular weight excluding hydrogens is 368 g/mol. The quantitative estimate of drug-likeness (QED) is 0.777. The lowest BCUT2D eigenvalue weighted by atomic mass is 10.2. The first-order valence-electron chi connectivity index (χ1n) is 7.10. The summed E-state index contributed by atoms with van der Waals surface area (Å²) in [4.78, 5) is 12.0. The van der Waals surface area contributed by atoms with Crippen molar-refractivity contribution in [3.63, 3.8) is 0 Å². The second kappa shape index (κ2) is 8.08. The Bertz CT molecular complexity index is 630. The summed E-state index contributed by atoms with van der Waals surface area (Å²) in [7, 11) is -3.29. The maximum absolute atomic E-state index is 12.0. The molecule has 0 aromatic heterocycles. The van der Waals surface area contributed by atoms with E-state index in [4.69, 9.17) is 0 Å². The number of rotatable bonds is 7. The van der Waals surface area contributed by atoms with Gasteiger partial charge in [-0.15, -0.1) is 0 Å². The van der Waals surface area contributed by atoms with Crippen LogP contribution >= 0.6 is 15.9 Å². The van der Waals surface area contributed by atoms with Crippen LogP contribution in [0.2, 0.25) is 0 Å². The van der Waals surface area contributed by atoms with E-state index in [9.17, 15) is 13.2 Å². The summed E-state index contributed by atoms with van der Waals surface area (Å²) in [6.45, 7) is 6.45. The number of hydrogen-bond acceptors (Lipinski definition) is 3. The molecule has 0 aliphatic carbocycles. The lowest BCUT2D eigenvalue weighted by Gasteiger charge is -2.21. The van der Waals surface area contributed by atoms with Gasteiger partial charge >= 0.3 is 0 Å². The van der Waals surface area contributed by atoms with Gasteiger partial charge in [0.15, 0.2) is 0 Å². The predicted molar refractivity (Wildman–Crippen MR) is 93.4 cm³/mol. The van der Waals surface area contributed by atoms with Crippen LogP contribution in [0.5, 0.6) is 0 Å². The molecule has 1 aromatic rings. The molecule has 22 heavy (non-hydrogen) atoms. The van der Waals surface area contributed by atoms with Crippen molar-refractivity contribution in [2.45, 2.75) is 27.2 Å². The topological polar surface area (TPSA) is 66.5 Å². The highest BCUT2D eigenvalue weighted by atomic mass is 79.9. The predicted octanol–water partition coefficient (Wildman–Crippen LogP) is 3.00. The van der Waals surface area contributed by atoms with Crippen molar-refractivity contribution in [3.8, 4) is 0 Å². The number of hydrogen-bond donors (Lipinski definition) is 1. The molecule has 1 N–H and O–H groups in total. The van der Waals surface area contributed by atoms with Crippen molar-refractivity contribution < 1.29 is 13.2 Å². The smallest absolute Gasteiger partial charge is 0.225 e. The Morgan fingerprint density at radius 1 is 1.36 bits per heavy atom. The summed E-state index contributed by atoms with van der Waals surface area (Å²) in [5.74, 6) is 0.0195. The van der Waals surface area contributed by atoms with Gasteiger partial charge in [0.05, 0.1) is 6.26 Å². The van der Waals surface area contributed by atoms with Gasteiger partial charge in [0.1, 0.15) is 0 Å². The van der Waals surface area contributed by atoms with E-state index in [1.54, 1.807) is 6.07 Å². The Balaban J connectivity index is 2.62. The normalized spacial score (nSPS) is 12.0. The molecule has 0 unspecified atom stereocenters. The number of nitrogens with zero attached hydrogens (tertiary/aromatic N) is 1. The highest BCUT2D eigenvalue weighted by Gasteiger charge is 2.18. The minimum Gasteiger partial charge on any atom is -0.326 e. The van der Waals surface area contributed by atoms with E-state index in [2.05, 4.69) is 21.2 Å². The minimum absolute atomic E-state index is 0.134. The van der Waals surface area contributed by atoms with Crippen molar-refractivity contribution in [2.24, 2.45) is 5.92 Å². The van der Waals surface area contributed by atoms with Gasteiger partial charge in [0, 0.05) is 29.7 Å². The average Bonchev–Trinajstić information content (AvgIpc) is 2.37. The molecule has 0 fully saturated rings. The number of amides is 1. The van der Waals surface area contributed by atoms with Crippen LogP contribution in [-0.2, 0) is 14.8 Å². The first kappa shape index (κ1) is 19.1. The van der Waals surface area contributed by atoms with Crippen molar-refractivity contribution >= 4 is 37.5 Å². The average molecular weight is 391 g/mol. The maximum Gasteiger partial charge on any atom is 0.225 e. The highest BCUT2D eigenvalue weighted by molar-refractivity contribution is 9.10. The number of anilines is 1. The summed E-state index contributed by atoms with van der Waals surface area (Å²) in [5.41, 5.74) is 1.73. The van der Waals surface area contributed by atoms with Crippen LogP contribution < -0.4 is 5.32 Å². The van der Waals surface area contributed by atoms with Gasteiger partial charge in [-0.1, -0.05) is 29.8 Å². The molecule has 0 bridgehead atoms. The Kier molecular flexibility index (Phi) is 7.02. The van der Waals surface area contributed by atoms with E-state index in [0.717, 1.165) is 10.0 Å². The van der Waals surface area contributed by atoms with Crippen LogP contribution in [0.25, 0.3) is 0 Å². The SMILES string of the molecule is Cc1cc(NC(=O)CCN(CC(C)C)S(C)(=O)=O)ccc1Br. The minimum atomic E-state index is -3.29. The van der Waals surface area contributed by atoms with Gasteiger partial charge in [0.25, 0.3) is 0 Å². The number of benzene rings is 1. The van der Waals surface area contributed by atoms with Gasteiger partial charge in [-0.05, 0) is 36.6 Å². The number of carbonyl (C=O) groups excluding carboxylic acids is 1. The van der Waals surface area contributed by atoms with Crippen LogP contribution in [0.15, 0.2) is 22.7 Å². The molecule has 0 heterocycles. The summed E-state index contributed by atoms with van der Waals surface area (Å²) in [6.07, 6.45) is 1.31. The Morgan fingerprint density at radius 3 is 2.50 bits per heavy atom. The first-order valence-corrected chi connectivity index (χ1v) is 9.75. The van der Waals surface area contributed by atoms with Gasteiger partial charge in [-0.2, -0.15) is 0 Å². The van der Waals surface area contributed by atoms with Gasteiger partial charge in [-0.25, -0.2) is 12.7 Å². The molecule has 1 aromatic carbocycles. The van der Waals surface area contributed by atoms with Crippen molar-refractivity contribution in [2.75, 3.05) is 24.7 Å². The summed E-state index contributed by atoms with van der Waals surface area (Å²) in [6, 6.07) is 5.54. The van der Waals surface area contributed by atoms with E-state index >= 15 is 0 Å².